The molecule has 4 aromatic rings. The number of hydrogen-bond donors (Lipinski definition) is 2. The first-order valence-corrected chi connectivity index (χ1v) is 12.1. The lowest BCUT2D eigenvalue weighted by molar-refractivity contribution is -0.131. The highest BCUT2D eigenvalue weighted by molar-refractivity contribution is 6.14. The van der Waals surface area contributed by atoms with Gasteiger partial charge in [0.05, 0.1) is 0 Å². The summed E-state index contributed by atoms with van der Waals surface area (Å²) in [5.41, 5.74) is 4.02. The number of amides is 2. The van der Waals surface area contributed by atoms with Gasteiger partial charge in [-0.2, -0.15) is 0 Å². The van der Waals surface area contributed by atoms with Gasteiger partial charge in [-0.1, -0.05) is 55.5 Å². The number of allylic oxidation sites excluding steroid dienone is 1. The third kappa shape index (κ3) is 6.07. The van der Waals surface area contributed by atoms with Gasteiger partial charge in [0, 0.05) is 31.4 Å². The van der Waals surface area contributed by atoms with Crippen LogP contribution < -0.4 is 10.1 Å². The third-order valence-corrected chi connectivity index (χ3v) is 6.01. The molecule has 0 saturated carbocycles. The van der Waals surface area contributed by atoms with Crippen molar-refractivity contribution in [3.63, 3.8) is 0 Å². The minimum Gasteiger partial charge on any atom is -0.478 e. The van der Waals surface area contributed by atoms with E-state index in [9.17, 15) is 19.5 Å². The van der Waals surface area contributed by atoms with Gasteiger partial charge in [0.2, 0.25) is 0 Å². The summed E-state index contributed by atoms with van der Waals surface area (Å²) < 4.78 is 5.41. The van der Waals surface area contributed by atoms with E-state index in [1.807, 2.05) is 55.5 Å². The molecule has 2 N–H and O–H groups in total. The molecule has 2 amide bonds. The minimum absolute atomic E-state index is 0.296. The number of fused-ring (bicyclic) bond motifs is 1. The van der Waals surface area contributed by atoms with Crippen LogP contribution in [0.4, 0.5) is 10.5 Å². The van der Waals surface area contributed by atoms with Gasteiger partial charge < -0.3 is 20.1 Å². The maximum absolute atomic E-state index is 13.5. The molecular weight excluding hydrogens is 480 g/mol. The van der Waals surface area contributed by atoms with E-state index < -0.39 is 12.1 Å². The number of benzene rings is 4. The van der Waals surface area contributed by atoms with E-state index in [0.29, 0.717) is 29.0 Å². The summed E-state index contributed by atoms with van der Waals surface area (Å²) in [7, 11) is 3.23. The van der Waals surface area contributed by atoms with Gasteiger partial charge in [-0.05, 0) is 75.9 Å². The zero-order chi connectivity index (χ0) is 27.2. The molecule has 0 unspecified atom stereocenters. The average molecular weight is 509 g/mol. The van der Waals surface area contributed by atoms with Crippen molar-refractivity contribution in [3.05, 3.63) is 102 Å². The summed E-state index contributed by atoms with van der Waals surface area (Å²) in [5, 5.41) is 13.8. The Labute approximate surface area is 221 Å². The number of aliphatic carboxylic acids is 1. The van der Waals surface area contributed by atoms with Gasteiger partial charge in [0.1, 0.15) is 5.75 Å². The van der Waals surface area contributed by atoms with Crippen molar-refractivity contribution in [3.8, 4) is 16.9 Å². The first-order chi connectivity index (χ1) is 18.2. The van der Waals surface area contributed by atoms with Gasteiger partial charge in [-0.3, -0.25) is 4.79 Å². The zero-order valence-electron chi connectivity index (χ0n) is 21.4. The fraction of sp³-hybridized carbons (Fsp3) is 0.129. The van der Waals surface area contributed by atoms with Gasteiger partial charge >= 0.3 is 12.1 Å². The van der Waals surface area contributed by atoms with E-state index in [0.717, 1.165) is 27.5 Å². The second-order valence-electron chi connectivity index (χ2n) is 8.93. The number of carboxylic acid groups (broad SMARTS) is 1. The maximum Gasteiger partial charge on any atom is 0.414 e. The number of ether oxygens (including phenoxy) is 1. The van der Waals surface area contributed by atoms with Crippen molar-refractivity contribution in [1.82, 2.24) is 4.90 Å². The molecule has 0 aliphatic heterocycles. The number of rotatable bonds is 7. The Morgan fingerprint density at radius 2 is 1.66 bits per heavy atom. The number of hydrogen-bond acceptors (Lipinski definition) is 4. The highest BCUT2D eigenvalue weighted by atomic mass is 16.6. The first kappa shape index (κ1) is 26.2. The first-order valence-electron chi connectivity index (χ1n) is 12.1. The molecule has 38 heavy (non-hydrogen) atoms. The van der Waals surface area contributed by atoms with Crippen molar-refractivity contribution in [2.24, 2.45) is 0 Å². The fourth-order valence-corrected chi connectivity index (χ4v) is 4.13. The van der Waals surface area contributed by atoms with E-state index in [-0.39, 0.29) is 5.91 Å². The predicted octanol–water partition coefficient (Wildman–Crippen LogP) is 6.70. The summed E-state index contributed by atoms with van der Waals surface area (Å²) in [6, 6.07) is 25.7. The third-order valence-electron chi connectivity index (χ3n) is 6.01. The number of carbonyl (C=O) groups is 3. The standard InChI is InChI=1S/C31H28N2O5/c1-4-20(19-29(34)35)21-10-7-12-25(16-21)32-30(36)28-18-24(15-23-9-5-6-14-27(23)28)22-11-8-13-26(17-22)38-31(37)33(2)3/h5-19H,4H2,1-3H3,(H,32,36)(H,34,35)/b20-19+. The Hall–Kier alpha value is -4.91. The van der Waals surface area contributed by atoms with Crippen molar-refractivity contribution < 1.29 is 24.2 Å². The highest BCUT2D eigenvalue weighted by Crippen LogP contribution is 2.31. The Morgan fingerprint density at radius 1 is 0.895 bits per heavy atom. The molecule has 0 spiro atoms. The number of anilines is 1. The SMILES string of the molecule is CC/C(=C\C(=O)O)c1cccc(NC(=O)c2cc(-c3cccc(OC(=O)N(C)C)c3)cc3ccccc23)c1. The quantitative estimate of drug-likeness (QED) is 0.271. The van der Waals surface area contributed by atoms with E-state index in [4.69, 9.17) is 4.74 Å². The topological polar surface area (TPSA) is 95.9 Å². The van der Waals surface area contributed by atoms with Crippen molar-refractivity contribution in [2.45, 2.75) is 13.3 Å². The highest BCUT2D eigenvalue weighted by Gasteiger charge is 2.15. The van der Waals surface area contributed by atoms with Crippen LogP contribution in [0.3, 0.4) is 0 Å². The van der Waals surface area contributed by atoms with Crippen LogP contribution in [-0.2, 0) is 4.79 Å². The lowest BCUT2D eigenvalue weighted by Gasteiger charge is -2.14. The molecular formula is C31H28N2O5. The number of carboxylic acids is 1. The van der Waals surface area contributed by atoms with E-state index in [2.05, 4.69) is 5.32 Å². The summed E-state index contributed by atoms with van der Waals surface area (Å²) in [4.78, 5) is 38.1. The molecule has 0 atom stereocenters. The van der Waals surface area contributed by atoms with Crippen LogP contribution in [-0.4, -0.2) is 42.1 Å². The van der Waals surface area contributed by atoms with Crippen LogP contribution in [0.15, 0.2) is 91.0 Å². The molecule has 0 fully saturated rings. The van der Waals surface area contributed by atoms with Crippen LogP contribution in [0.2, 0.25) is 0 Å². The molecule has 0 radical (unpaired) electrons. The summed E-state index contributed by atoms with van der Waals surface area (Å²) in [6.07, 6.45) is 1.24. The molecule has 0 bridgehead atoms. The molecule has 7 heteroatoms. The van der Waals surface area contributed by atoms with Gasteiger partial charge in [-0.25, -0.2) is 9.59 Å². The number of nitrogens with one attached hydrogen (secondary N) is 1. The molecule has 0 aromatic heterocycles. The van der Waals surface area contributed by atoms with Crippen molar-refractivity contribution in [2.75, 3.05) is 19.4 Å². The Morgan fingerprint density at radius 3 is 2.39 bits per heavy atom. The smallest absolute Gasteiger partial charge is 0.414 e. The average Bonchev–Trinajstić information content (AvgIpc) is 2.91. The molecule has 0 aliphatic rings. The normalized spacial score (nSPS) is 11.2. The largest absolute Gasteiger partial charge is 0.478 e. The monoisotopic (exact) mass is 508 g/mol. The van der Waals surface area contributed by atoms with Crippen LogP contribution in [0.25, 0.3) is 27.5 Å². The second-order valence-corrected chi connectivity index (χ2v) is 8.93. The summed E-state index contributed by atoms with van der Waals surface area (Å²) in [5.74, 6) is -0.908. The lowest BCUT2D eigenvalue weighted by Crippen LogP contribution is -2.25. The van der Waals surface area contributed by atoms with Crippen molar-refractivity contribution in [1.29, 1.82) is 0 Å². The number of carbonyl (C=O) groups excluding carboxylic acids is 2. The minimum atomic E-state index is -1.01. The van der Waals surface area contributed by atoms with E-state index in [1.54, 1.807) is 50.5 Å². The van der Waals surface area contributed by atoms with E-state index >= 15 is 0 Å². The van der Waals surface area contributed by atoms with Gasteiger partial charge in [-0.15, -0.1) is 0 Å². The molecule has 4 aromatic carbocycles. The van der Waals surface area contributed by atoms with Crippen LogP contribution in [0.1, 0.15) is 29.3 Å². The molecule has 4 rings (SSSR count). The Kier molecular flexibility index (Phi) is 7.87. The zero-order valence-corrected chi connectivity index (χ0v) is 21.4. The Balaban J connectivity index is 1.70. The Bertz CT molecular complexity index is 1560. The van der Waals surface area contributed by atoms with Crippen LogP contribution >= 0.6 is 0 Å². The second kappa shape index (κ2) is 11.4. The summed E-state index contributed by atoms with van der Waals surface area (Å²) >= 11 is 0. The van der Waals surface area contributed by atoms with Gasteiger partial charge in [0.15, 0.2) is 0 Å². The maximum atomic E-state index is 13.5. The molecule has 0 heterocycles. The fourth-order valence-electron chi connectivity index (χ4n) is 4.13. The van der Waals surface area contributed by atoms with E-state index in [1.165, 1.54) is 11.0 Å². The predicted molar refractivity (Wildman–Crippen MR) is 149 cm³/mol. The van der Waals surface area contributed by atoms with Crippen LogP contribution in [0.5, 0.6) is 5.75 Å². The molecule has 0 saturated heterocycles. The molecule has 192 valence electrons. The number of nitrogens with zero attached hydrogens (tertiary/aromatic N) is 1. The van der Waals surface area contributed by atoms with Crippen LogP contribution in [0, 0.1) is 0 Å². The van der Waals surface area contributed by atoms with Gasteiger partial charge in [0.25, 0.3) is 5.91 Å². The molecule has 0 aliphatic carbocycles. The molecule has 7 nitrogen and oxygen atoms in total. The van der Waals surface area contributed by atoms with Crippen molar-refractivity contribution >= 4 is 40.0 Å². The summed E-state index contributed by atoms with van der Waals surface area (Å²) in [6.45, 7) is 1.88. The lowest BCUT2D eigenvalue weighted by atomic mass is 9.96.